The van der Waals surface area contributed by atoms with Crippen molar-refractivity contribution in [2.24, 2.45) is 0 Å². The number of methoxy groups -OCH3 is 1. The molecule has 3 aromatic rings. The van der Waals surface area contributed by atoms with Crippen LogP contribution in [-0.4, -0.2) is 13.0 Å². The molecule has 0 aliphatic rings. The lowest BCUT2D eigenvalue weighted by atomic mass is 10.2. The van der Waals surface area contributed by atoms with Gasteiger partial charge >= 0.3 is 0 Å². The Bertz CT molecular complexity index is 909. The molecule has 0 heterocycles. The fourth-order valence-electron chi connectivity index (χ4n) is 2.42. The van der Waals surface area contributed by atoms with Crippen molar-refractivity contribution in [2.75, 3.05) is 12.4 Å². The average molecular weight is 412 g/mol. The number of anilines is 1. The van der Waals surface area contributed by atoms with Crippen molar-refractivity contribution < 1.29 is 14.3 Å². The summed E-state index contributed by atoms with van der Waals surface area (Å²) < 4.78 is 12.0. The van der Waals surface area contributed by atoms with E-state index in [0.717, 1.165) is 5.56 Å². The summed E-state index contributed by atoms with van der Waals surface area (Å²) in [6, 6.07) is 20.3. The van der Waals surface area contributed by atoms with E-state index < -0.39 is 0 Å². The molecule has 3 aromatic carbocycles. The summed E-state index contributed by atoms with van der Waals surface area (Å²) in [6.07, 6.45) is 0. The summed E-state index contributed by atoms with van der Waals surface area (Å²) in [4.78, 5) is 12.4. The molecule has 0 spiro atoms. The van der Waals surface area contributed by atoms with Crippen LogP contribution < -0.4 is 14.8 Å². The largest absolute Gasteiger partial charge is 0.492 e. The maximum atomic E-state index is 12.4. The fraction of sp³-hybridized carbons (Fsp3) is 0.0952. The Kier molecular flexibility index (Phi) is 5.58. The second kappa shape index (κ2) is 8.06. The first-order valence-electron chi connectivity index (χ1n) is 8.06. The van der Waals surface area contributed by atoms with Crippen LogP contribution in [-0.2, 0) is 0 Å². The zero-order valence-corrected chi connectivity index (χ0v) is 16.0. The Hall–Kier alpha value is -2.79. The lowest BCUT2D eigenvalue weighted by molar-refractivity contribution is 0.102. The highest BCUT2D eigenvalue weighted by molar-refractivity contribution is 9.10. The zero-order valence-electron chi connectivity index (χ0n) is 14.5. The van der Waals surface area contributed by atoms with E-state index >= 15 is 0 Å². The van der Waals surface area contributed by atoms with Gasteiger partial charge < -0.3 is 14.8 Å². The van der Waals surface area contributed by atoms with Crippen LogP contribution in [0.5, 0.6) is 17.2 Å². The van der Waals surface area contributed by atoms with Gasteiger partial charge in [-0.25, -0.2) is 0 Å². The van der Waals surface area contributed by atoms with Crippen LogP contribution in [0.25, 0.3) is 0 Å². The number of halogens is 1. The molecule has 0 fully saturated rings. The Labute approximate surface area is 160 Å². The molecule has 0 unspecified atom stereocenters. The van der Waals surface area contributed by atoms with Crippen LogP contribution in [0.1, 0.15) is 15.9 Å². The molecular weight excluding hydrogens is 394 g/mol. The first-order chi connectivity index (χ1) is 12.6. The van der Waals surface area contributed by atoms with E-state index in [-0.39, 0.29) is 5.91 Å². The molecule has 0 aromatic heterocycles. The number of benzene rings is 3. The third-order valence-electron chi connectivity index (χ3n) is 3.80. The molecule has 26 heavy (non-hydrogen) atoms. The average Bonchev–Trinajstić information content (AvgIpc) is 2.66. The summed E-state index contributed by atoms with van der Waals surface area (Å²) in [5.74, 6) is 1.58. The van der Waals surface area contributed by atoms with Crippen LogP contribution in [0, 0.1) is 6.92 Å². The van der Waals surface area contributed by atoms with Gasteiger partial charge in [-0.15, -0.1) is 0 Å². The summed E-state index contributed by atoms with van der Waals surface area (Å²) >= 11 is 3.50. The molecule has 0 saturated heterocycles. The van der Waals surface area contributed by atoms with Crippen LogP contribution in [0.3, 0.4) is 0 Å². The van der Waals surface area contributed by atoms with Crippen LogP contribution in [0.2, 0.25) is 0 Å². The van der Waals surface area contributed by atoms with E-state index in [1.807, 2.05) is 49.4 Å². The maximum Gasteiger partial charge on any atom is 0.255 e. The third kappa shape index (κ3) is 4.06. The molecule has 132 valence electrons. The molecule has 1 N–H and O–H groups in total. The Balaban J connectivity index is 1.85. The standard InChI is InChI=1S/C21H18BrNO3/c1-14-8-10-16(11-9-14)26-18-13-12-17(19(22)20(18)25-2)23-21(24)15-6-4-3-5-7-15/h3-13H,1-2H3,(H,23,24). The van der Waals surface area contributed by atoms with Crippen molar-refractivity contribution in [1.82, 2.24) is 0 Å². The second-order valence-corrected chi connectivity index (χ2v) is 6.49. The van der Waals surface area contributed by atoms with Gasteiger partial charge in [0.05, 0.1) is 17.3 Å². The highest BCUT2D eigenvalue weighted by Crippen LogP contribution is 2.42. The molecular formula is C21H18BrNO3. The van der Waals surface area contributed by atoms with Crippen molar-refractivity contribution >= 4 is 27.5 Å². The number of carbonyl (C=O) groups excluding carboxylic acids is 1. The summed E-state index contributed by atoms with van der Waals surface area (Å²) in [6.45, 7) is 2.02. The minimum Gasteiger partial charge on any atom is -0.492 e. The van der Waals surface area contributed by atoms with Gasteiger partial charge in [-0.3, -0.25) is 4.79 Å². The van der Waals surface area contributed by atoms with Gasteiger partial charge in [-0.1, -0.05) is 35.9 Å². The zero-order chi connectivity index (χ0) is 18.5. The molecule has 0 saturated carbocycles. The number of rotatable bonds is 5. The van der Waals surface area contributed by atoms with Gasteiger partial charge in [0.1, 0.15) is 5.75 Å². The lowest BCUT2D eigenvalue weighted by Crippen LogP contribution is -2.12. The van der Waals surface area contributed by atoms with Crippen molar-refractivity contribution in [1.29, 1.82) is 0 Å². The second-order valence-electron chi connectivity index (χ2n) is 5.69. The molecule has 0 aliphatic carbocycles. The molecule has 3 rings (SSSR count). The number of aryl methyl sites for hydroxylation is 1. The normalized spacial score (nSPS) is 10.3. The van der Waals surface area contributed by atoms with Crippen molar-refractivity contribution in [3.8, 4) is 17.2 Å². The summed E-state index contributed by atoms with van der Waals surface area (Å²) in [7, 11) is 1.56. The van der Waals surface area contributed by atoms with Gasteiger partial charge in [0.2, 0.25) is 0 Å². The first kappa shape index (κ1) is 18.0. The van der Waals surface area contributed by atoms with E-state index in [1.54, 1.807) is 31.4 Å². The predicted octanol–water partition coefficient (Wildman–Crippen LogP) is 5.81. The highest BCUT2D eigenvalue weighted by Gasteiger charge is 2.16. The summed E-state index contributed by atoms with van der Waals surface area (Å²) in [5.41, 5.74) is 2.34. The van der Waals surface area contributed by atoms with Crippen molar-refractivity contribution in [2.45, 2.75) is 6.92 Å². The smallest absolute Gasteiger partial charge is 0.255 e. The van der Waals surface area contributed by atoms with Crippen LogP contribution in [0.4, 0.5) is 5.69 Å². The monoisotopic (exact) mass is 411 g/mol. The number of carbonyl (C=O) groups is 1. The van der Waals surface area contributed by atoms with E-state index in [9.17, 15) is 4.79 Å². The lowest BCUT2D eigenvalue weighted by Gasteiger charge is -2.15. The molecule has 1 amide bonds. The van der Waals surface area contributed by atoms with E-state index in [4.69, 9.17) is 9.47 Å². The van der Waals surface area contributed by atoms with Gasteiger partial charge in [0.15, 0.2) is 11.5 Å². The SMILES string of the molecule is COc1c(Oc2ccc(C)cc2)ccc(NC(=O)c2ccccc2)c1Br. The molecule has 4 nitrogen and oxygen atoms in total. The highest BCUT2D eigenvalue weighted by atomic mass is 79.9. The molecule has 0 aliphatic heterocycles. The van der Waals surface area contributed by atoms with Gasteiger partial charge in [0.25, 0.3) is 5.91 Å². The molecule has 0 radical (unpaired) electrons. The van der Waals surface area contributed by atoms with E-state index in [1.165, 1.54) is 0 Å². The maximum absolute atomic E-state index is 12.4. The topological polar surface area (TPSA) is 47.6 Å². The fourth-order valence-corrected chi connectivity index (χ4v) is 3.01. The van der Waals surface area contributed by atoms with Crippen LogP contribution >= 0.6 is 15.9 Å². The summed E-state index contributed by atoms with van der Waals surface area (Å²) in [5, 5.41) is 2.88. The third-order valence-corrected chi connectivity index (χ3v) is 4.59. The van der Waals surface area contributed by atoms with Gasteiger partial charge in [-0.05, 0) is 59.3 Å². The van der Waals surface area contributed by atoms with Crippen LogP contribution in [0.15, 0.2) is 71.2 Å². The minimum absolute atomic E-state index is 0.194. The Morgan fingerprint density at radius 1 is 0.962 bits per heavy atom. The van der Waals surface area contributed by atoms with Crippen molar-refractivity contribution in [3.05, 3.63) is 82.3 Å². The quantitative estimate of drug-likeness (QED) is 0.575. The molecule has 5 heteroatoms. The van der Waals surface area contributed by atoms with Gasteiger partial charge in [0, 0.05) is 5.56 Å². The molecule has 0 atom stereocenters. The van der Waals surface area contributed by atoms with E-state index in [2.05, 4.69) is 21.2 Å². The first-order valence-corrected chi connectivity index (χ1v) is 8.85. The van der Waals surface area contributed by atoms with Crippen molar-refractivity contribution in [3.63, 3.8) is 0 Å². The number of ether oxygens (including phenoxy) is 2. The number of amides is 1. The minimum atomic E-state index is -0.194. The number of nitrogens with one attached hydrogen (secondary N) is 1. The Morgan fingerprint density at radius 2 is 1.65 bits per heavy atom. The Morgan fingerprint density at radius 3 is 2.31 bits per heavy atom. The van der Waals surface area contributed by atoms with E-state index in [0.29, 0.717) is 33.0 Å². The number of hydrogen-bond acceptors (Lipinski definition) is 3. The van der Waals surface area contributed by atoms with Gasteiger partial charge in [-0.2, -0.15) is 0 Å². The molecule has 0 bridgehead atoms. The number of hydrogen-bond donors (Lipinski definition) is 1. The predicted molar refractivity (Wildman–Crippen MR) is 106 cm³/mol.